The molecule has 1 aromatic carbocycles. The topological polar surface area (TPSA) is 51.2 Å². The van der Waals surface area contributed by atoms with Crippen molar-refractivity contribution in [3.63, 3.8) is 0 Å². The number of amides is 1. The van der Waals surface area contributed by atoms with E-state index in [9.17, 15) is 9.18 Å². The van der Waals surface area contributed by atoms with Crippen LogP contribution in [0.3, 0.4) is 0 Å². The van der Waals surface area contributed by atoms with Crippen LogP contribution in [-0.4, -0.2) is 17.5 Å². The van der Waals surface area contributed by atoms with E-state index in [1.54, 1.807) is 12.4 Å². The molecule has 1 atom stereocenters. The molecular weight excluding hydrogens is 295 g/mol. The van der Waals surface area contributed by atoms with Gasteiger partial charge in [-0.2, -0.15) is 0 Å². The highest BCUT2D eigenvalue weighted by atomic mass is 35.5. The van der Waals surface area contributed by atoms with Crippen molar-refractivity contribution in [2.75, 3.05) is 6.61 Å². The Morgan fingerprint density at radius 1 is 1.38 bits per heavy atom. The first-order valence-electron chi connectivity index (χ1n) is 6.33. The number of benzene rings is 1. The van der Waals surface area contributed by atoms with Gasteiger partial charge in [0.05, 0.1) is 11.1 Å². The molecule has 1 heterocycles. The van der Waals surface area contributed by atoms with Gasteiger partial charge in [-0.05, 0) is 42.8 Å². The molecular formula is C15H14ClFN2O2. The molecule has 0 aliphatic carbocycles. The van der Waals surface area contributed by atoms with Crippen LogP contribution in [0.25, 0.3) is 0 Å². The summed E-state index contributed by atoms with van der Waals surface area (Å²) in [6.07, 6.45) is 3.32. The Morgan fingerprint density at radius 2 is 2.10 bits per heavy atom. The fraction of sp³-hybridized carbons (Fsp3) is 0.200. The molecule has 110 valence electrons. The first kappa shape index (κ1) is 15.3. The van der Waals surface area contributed by atoms with Crippen molar-refractivity contribution in [3.05, 3.63) is 59.1 Å². The van der Waals surface area contributed by atoms with E-state index in [0.29, 0.717) is 0 Å². The molecule has 2 aromatic rings. The number of nitrogens with one attached hydrogen (secondary N) is 1. The lowest BCUT2D eigenvalue weighted by Crippen LogP contribution is -2.31. The molecule has 0 spiro atoms. The molecule has 0 aliphatic rings. The molecule has 0 bridgehead atoms. The van der Waals surface area contributed by atoms with Crippen LogP contribution in [0, 0.1) is 5.82 Å². The Bertz CT molecular complexity index is 622. The average molecular weight is 309 g/mol. The maximum Gasteiger partial charge on any atom is 0.258 e. The average Bonchev–Trinajstić information content (AvgIpc) is 2.47. The molecule has 0 fully saturated rings. The molecule has 2 rings (SSSR count). The molecule has 0 unspecified atom stereocenters. The van der Waals surface area contributed by atoms with Gasteiger partial charge in [0.1, 0.15) is 11.6 Å². The Labute approximate surface area is 126 Å². The van der Waals surface area contributed by atoms with Crippen LogP contribution in [-0.2, 0) is 4.79 Å². The molecule has 1 N–H and O–H groups in total. The zero-order chi connectivity index (χ0) is 15.2. The summed E-state index contributed by atoms with van der Waals surface area (Å²) in [5, 5.41) is 2.92. The fourth-order valence-electron chi connectivity index (χ4n) is 1.75. The van der Waals surface area contributed by atoms with Gasteiger partial charge in [-0.25, -0.2) is 4.39 Å². The van der Waals surface area contributed by atoms with Gasteiger partial charge in [-0.1, -0.05) is 11.6 Å². The number of hydrogen-bond acceptors (Lipinski definition) is 3. The van der Waals surface area contributed by atoms with Gasteiger partial charge in [-0.3, -0.25) is 9.78 Å². The summed E-state index contributed by atoms with van der Waals surface area (Å²) >= 11 is 5.81. The van der Waals surface area contributed by atoms with Crippen LogP contribution in [0.1, 0.15) is 18.5 Å². The molecule has 0 saturated carbocycles. The third-order valence-corrected chi connectivity index (χ3v) is 3.13. The monoisotopic (exact) mass is 308 g/mol. The number of rotatable bonds is 5. The third-order valence-electron chi connectivity index (χ3n) is 2.84. The second-order valence-corrected chi connectivity index (χ2v) is 4.84. The van der Waals surface area contributed by atoms with E-state index in [4.69, 9.17) is 16.3 Å². The molecule has 1 aromatic heterocycles. The molecule has 1 amide bonds. The Kier molecular flexibility index (Phi) is 5.11. The van der Waals surface area contributed by atoms with Gasteiger partial charge < -0.3 is 10.1 Å². The SMILES string of the molecule is C[C@@H](NC(=O)COc1ccc(F)cc1Cl)c1ccncc1. The highest BCUT2D eigenvalue weighted by Gasteiger charge is 2.11. The molecule has 0 radical (unpaired) electrons. The van der Waals surface area contributed by atoms with E-state index in [1.165, 1.54) is 12.1 Å². The van der Waals surface area contributed by atoms with Crippen molar-refractivity contribution in [2.45, 2.75) is 13.0 Å². The number of carbonyl (C=O) groups is 1. The highest BCUT2D eigenvalue weighted by molar-refractivity contribution is 6.32. The van der Waals surface area contributed by atoms with E-state index >= 15 is 0 Å². The van der Waals surface area contributed by atoms with Gasteiger partial charge in [0.15, 0.2) is 6.61 Å². The van der Waals surface area contributed by atoms with Crippen molar-refractivity contribution in [1.82, 2.24) is 10.3 Å². The van der Waals surface area contributed by atoms with Crippen LogP contribution in [0.15, 0.2) is 42.7 Å². The normalized spacial score (nSPS) is 11.8. The van der Waals surface area contributed by atoms with Crippen molar-refractivity contribution in [3.8, 4) is 5.75 Å². The van der Waals surface area contributed by atoms with E-state index in [0.717, 1.165) is 11.6 Å². The summed E-state index contributed by atoms with van der Waals surface area (Å²) in [7, 11) is 0. The second kappa shape index (κ2) is 7.04. The van der Waals surface area contributed by atoms with Crippen LogP contribution < -0.4 is 10.1 Å². The summed E-state index contributed by atoms with van der Waals surface area (Å²) < 4.78 is 18.1. The fourth-order valence-corrected chi connectivity index (χ4v) is 1.98. The van der Waals surface area contributed by atoms with Gasteiger partial charge >= 0.3 is 0 Å². The number of halogens is 2. The minimum absolute atomic E-state index is 0.130. The lowest BCUT2D eigenvalue weighted by atomic mass is 10.1. The van der Waals surface area contributed by atoms with Crippen molar-refractivity contribution < 1.29 is 13.9 Å². The maximum atomic E-state index is 12.9. The van der Waals surface area contributed by atoms with Crippen molar-refractivity contribution in [2.24, 2.45) is 0 Å². The summed E-state index contributed by atoms with van der Waals surface area (Å²) in [5.74, 6) is -0.479. The van der Waals surface area contributed by atoms with E-state index in [1.807, 2.05) is 19.1 Å². The zero-order valence-corrected chi connectivity index (χ0v) is 12.1. The minimum atomic E-state index is -0.455. The largest absolute Gasteiger partial charge is 0.482 e. The van der Waals surface area contributed by atoms with E-state index in [2.05, 4.69) is 10.3 Å². The van der Waals surface area contributed by atoms with Crippen LogP contribution in [0.4, 0.5) is 4.39 Å². The lowest BCUT2D eigenvalue weighted by Gasteiger charge is -2.14. The molecule has 6 heteroatoms. The van der Waals surface area contributed by atoms with Crippen molar-refractivity contribution in [1.29, 1.82) is 0 Å². The standard InChI is InChI=1S/C15H14ClFN2O2/c1-10(11-4-6-18-7-5-11)19-15(20)9-21-14-3-2-12(17)8-13(14)16/h2-8,10H,9H2,1H3,(H,19,20)/t10-/m1/s1. The molecule has 0 saturated heterocycles. The summed E-state index contributed by atoms with van der Waals surface area (Å²) in [6.45, 7) is 1.67. The minimum Gasteiger partial charge on any atom is -0.482 e. The molecule has 21 heavy (non-hydrogen) atoms. The number of carbonyl (C=O) groups excluding carboxylic acids is 1. The Balaban J connectivity index is 1.87. The number of hydrogen-bond donors (Lipinski definition) is 1. The van der Waals surface area contributed by atoms with Crippen LogP contribution in [0.2, 0.25) is 5.02 Å². The first-order chi connectivity index (χ1) is 10.1. The van der Waals surface area contributed by atoms with E-state index < -0.39 is 5.82 Å². The number of ether oxygens (including phenoxy) is 1. The zero-order valence-electron chi connectivity index (χ0n) is 11.3. The second-order valence-electron chi connectivity index (χ2n) is 4.43. The highest BCUT2D eigenvalue weighted by Crippen LogP contribution is 2.24. The molecule has 4 nitrogen and oxygen atoms in total. The quantitative estimate of drug-likeness (QED) is 0.923. The lowest BCUT2D eigenvalue weighted by molar-refractivity contribution is -0.123. The Morgan fingerprint density at radius 3 is 2.76 bits per heavy atom. The predicted octanol–water partition coefficient (Wildman–Crippen LogP) is 3.13. The number of nitrogens with zero attached hydrogens (tertiary/aromatic N) is 1. The summed E-state index contributed by atoms with van der Waals surface area (Å²) in [4.78, 5) is 15.7. The van der Waals surface area contributed by atoms with Gasteiger partial charge in [0, 0.05) is 12.4 Å². The smallest absolute Gasteiger partial charge is 0.258 e. The third kappa shape index (κ3) is 4.43. The van der Waals surface area contributed by atoms with Gasteiger partial charge in [-0.15, -0.1) is 0 Å². The number of aromatic nitrogens is 1. The molecule has 0 aliphatic heterocycles. The summed E-state index contributed by atoms with van der Waals surface area (Å²) in [6, 6.07) is 7.23. The number of pyridine rings is 1. The van der Waals surface area contributed by atoms with Crippen LogP contribution >= 0.6 is 11.6 Å². The Hall–Kier alpha value is -2.14. The van der Waals surface area contributed by atoms with Crippen LogP contribution in [0.5, 0.6) is 5.75 Å². The predicted molar refractivity (Wildman–Crippen MR) is 77.7 cm³/mol. The maximum absolute atomic E-state index is 12.9. The first-order valence-corrected chi connectivity index (χ1v) is 6.71. The van der Waals surface area contributed by atoms with Crippen molar-refractivity contribution >= 4 is 17.5 Å². The van der Waals surface area contributed by atoms with E-state index in [-0.39, 0.29) is 29.3 Å². The van der Waals surface area contributed by atoms with Gasteiger partial charge in [0.25, 0.3) is 5.91 Å². The van der Waals surface area contributed by atoms with Gasteiger partial charge in [0.2, 0.25) is 0 Å². The summed E-state index contributed by atoms with van der Waals surface area (Å²) in [5.41, 5.74) is 0.943.